The fourth-order valence-electron chi connectivity index (χ4n) is 2.41. The number of carbonyl (C=O) groups is 2. The third kappa shape index (κ3) is 3.86. The molecule has 2 heterocycles. The smallest absolute Gasteiger partial charge is 0.248 e. The van der Waals surface area contributed by atoms with Gasteiger partial charge in [-0.05, 0) is 5.56 Å². The Morgan fingerprint density at radius 3 is 2.75 bits per heavy atom. The van der Waals surface area contributed by atoms with Crippen molar-refractivity contribution in [3.05, 3.63) is 52.3 Å². The summed E-state index contributed by atoms with van der Waals surface area (Å²) in [5.74, 6) is -0.423. The average Bonchev–Trinajstić information content (AvgIpc) is 3.23. The maximum absolute atomic E-state index is 12.2. The molecule has 0 atom stereocenters. The molecule has 1 aliphatic rings. The van der Waals surface area contributed by atoms with Crippen LogP contribution in [0, 0.1) is 0 Å². The van der Waals surface area contributed by atoms with Crippen molar-refractivity contribution < 1.29 is 9.59 Å². The number of aryl methyl sites for hydroxylation is 1. The molecule has 0 saturated carbocycles. The first-order chi connectivity index (χ1) is 11.6. The Labute approximate surface area is 143 Å². The number of rotatable bonds is 4. The van der Waals surface area contributed by atoms with Crippen LogP contribution in [0.4, 0.5) is 0 Å². The van der Waals surface area contributed by atoms with Crippen LogP contribution in [0.5, 0.6) is 0 Å². The van der Waals surface area contributed by atoms with Gasteiger partial charge in [-0.1, -0.05) is 30.3 Å². The van der Waals surface area contributed by atoms with Gasteiger partial charge in [0.1, 0.15) is 0 Å². The van der Waals surface area contributed by atoms with Crippen molar-refractivity contribution >= 4 is 28.9 Å². The number of nitrogens with zero attached hydrogens (tertiary/aromatic N) is 4. The van der Waals surface area contributed by atoms with Crippen LogP contribution in [-0.4, -0.2) is 33.6 Å². The fraction of sp³-hybridized carbons (Fsp3) is 0.294. The molecular formula is C17H18N4O2S. The number of benzene rings is 1. The summed E-state index contributed by atoms with van der Waals surface area (Å²) in [6.07, 6.45) is 2.80. The van der Waals surface area contributed by atoms with Crippen molar-refractivity contribution in [1.82, 2.24) is 9.58 Å². The van der Waals surface area contributed by atoms with E-state index in [1.807, 2.05) is 49.0 Å². The monoisotopic (exact) mass is 342 g/mol. The van der Waals surface area contributed by atoms with E-state index in [4.69, 9.17) is 0 Å². The molecule has 0 N–H and O–H groups in total. The van der Waals surface area contributed by atoms with Gasteiger partial charge in [0.15, 0.2) is 4.80 Å². The van der Waals surface area contributed by atoms with E-state index in [1.54, 1.807) is 4.57 Å². The maximum Gasteiger partial charge on any atom is 0.248 e. The molecule has 0 radical (unpaired) electrons. The molecule has 1 aromatic carbocycles. The molecule has 24 heavy (non-hydrogen) atoms. The Hall–Kier alpha value is -2.54. The lowest BCUT2D eigenvalue weighted by Gasteiger charge is -2.10. The van der Waals surface area contributed by atoms with Crippen molar-refractivity contribution in [3.63, 3.8) is 0 Å². The molecule has 2 amide bonds. The Bertz CT molecular complexity index is 836. The zero-order valence-electron chi connectivity index (χ0n) is 13.4. The first-order valence-corrected chi connectivity index (χ1v) is 8.62. The highest BCUT2D eigenvalue weighted by Gasteiger charge is 2.21. The summed E-state index contributed by atoms with van der Waals surface area (Å²) in [6.45, 7) is 0.564. The van der Waals surface area contributed by atoms with Crippen LogP contribution in [0.15, 0.2) is 52.0 Å². The second-order valence-electron chi connectivity index (χ2n) is 5.48. The van der Waals surface area contributed by atoms with Crippen molar-refractivity contribution in [2.24, 2.45) is 17.1 Å². The first kappa shape index (κ1) is 16.3. The predicted molar refractivity (Wildman–Crippen MR) is 92.4 cm³/mol. The Morgan fingerprint density at radius 2 is 2.04 bits per heavy atom. The van der Waals surface area contributed by atoms with Crippen LogP contribution in [0.2, 0.25) is 0 Å². The molecular weight excluding hydrogens is 324 g/mol. The molecule has 0 unspecified atom stereocenters. The second kappa shape index (κ2) is 7.35. The van der Waals surface area contributed by atoms with E-state index in [0.717, 1.165) is 17.7 Å². The minimum Gasteiger partial charge on any atom is -0.327 e. The van der Waals surface area contributed by atoms with Gasteiger partial charge in [-0.3, -0.25) is 9.59 Å². The average molecular weight is 342 g/mol. The third-order valence-electron chi connectivity index (χ3n) is 3.73. The highest BCUT2D eigenvalue weighted by molar-refractivity contribution is 7.07. The van der Waals surface area contributed by atoms with Crippen molar-refractivity contribution in [2.45, 2.75) is 19.3 Å². The van der Waals surface area contributed by atoms with E-state index >= 15 is 0 Å². The quantitative estimate of drug-likeness (QED) is 0.852. The molecule has 0 bridgehead atoms. The predicted octanol–water partition coefficient (Wildman–Crippen LogP) is 1.93. The van der Waals surface area contributed by atoms with Crippen LogP contribution < -0.4 is 4.80 Å². The third-order valence-corrected chi connectivity index (χ3v) is 4.58. The molecule has 0 spiro atoms. The summed E-state index contributed by atoms with van der Waals surface area (Å²) in [6, 6.07) is 9.82. The van der Waals surface area contributed by atoms with Gasteiger partial charge in [-0.25, -0.2) is 5.01 Å². The molecule has 1 aliphatic heterocycles. The van der Waals surface area contributed by atoms with Crippen LogP contribution in [0.25, 0.3) is 0 Å². The lowest BCUT2D eigenvalue weighted by atomic mass is 10.1. The maximum atomic E-state index is 12.2. The highest BCUT2D eigenvalue weighted by atomic mass is 32.1. The van der Waals surface area contributed by atoms with Crippen LogP contribution >= 0.6 is 11.3 Å². The number of hydrazone groups is 1. The zero-order valence-corrected chi connectivity index (χ0v) is 14.2. The van der Waals surface area contributed by atoms with Gasteiger partial charge in [0.25, 0.3) is 0 Å². The van der Waals surface area contributed by atoms with Gasteiger partial charge in [-0.15, -0.1) is 11.3 Å². The molecule has 0 fully saturated rings. The summed E-state index contributed by atoms with van der Waals surface area (Å²) >= 11 is 1.39. The minimum atomic E-state index is -0.284. The van der Waals surface area contributed by atoms with Gasteiger partial charge >= 0.3 is 0 Å². The molecule has 3 rings (SSSR count). The Balaban J connectivity index is 1.57. The minimum absolute atomic E-state index is 0.101. The Morgan fingerprint density at radius 1 is 1.25 bits per heavy atom. The van der Waals surface area contributed by atoms with Gasteiger partial charge < -0.3 is 4.57 Å². The molecule has 1 aromatic heterocycles. The van der Waals surface area contributed by atoms with Gasteiger partial charge in [0.05, 0.1) is 12.3 Å². The molecule has 0 aliphatic carbocycles. The number of amides is 2. The fourth-order valence-corrected chi connectivity index (χ4v) is 3.16. The summed E-state index contributed by atoms with van der Waals surface area (Å²) in [4.78, 5) is 28.8. The van der Waals surface area contributed by atoms with E-state index in [-0.39, 0.29) is 24.7 Å². The molecule has 124 valence electrons. The Kier molecular flexibility index (Phi) is 5.00. The lowest BCUT2D eigenvalue weighted by Crippen LogP contribution is -2.24. The van der Waals surface area contributed by atoms with E-state index in [9.17, 15) is 9.59 Å². The van der Waals surface area contributed by atoms with Crippen molar-refractivity contribution in [1.29, 1.82) is 0 Å². The standard InChI is InChI=1S/C17H18N4O2S/c1-20-11-12-24-17(20)18-15(22)7-8-16(23)21-10-9-14(19-21)13-5-3-2-4-6-13/h2-6,11-12H,7-10H2,1H3. The zero-order chi connectivity index (χ0) is 16.9. The van der Waals surface area contributed by atoms with E-state index in [2.05, 4.69) is 10.1 Å². The summed E-state index contributed by atoms with van der Waals surface area (Å²) in [5, 5.41) is 7.70. The van der Waals surface area contributed by atoms with Gasteiger partial charge in [-0.2, -0.15) is 10.1 Å². The first-order valence-electron chi connectivity index (χ1n) is 7.74. The van der Waals surface area contributed by atoms with E-state index in [0.29, 0.717) is 11.3 Å². The van der Waals surface area contributed by atoms with Gasteiger partial charge in [0, 0.05) is 37.9 Å². The molecule has 7 heteroatoms. The summed E-state index contributed by atoms with van der Waals surface area (Å²) in [7, 11) is 1.83. The number of thiazole rings is 1. The van der Waals surface area contributed by atoms with E-state index in [1.165, 1.54) is 16.3 Å². The number of aromatic nitrogens is 1. The molecule has 2 aromatic rings. The van der Waals surface area contributed by atoms with Crippen LogP contribution in [0.1, 0.15) is 24.8 Å². The normalized spacial score (nSPS) is 14.8. The number of hydrogen-bond acceptors (Lipinski definition) is 4. The SMILES string of the molecule is Cn1ccsc1=NC(=O)CCC(=O)N1CCC(c2ccccc2)=N1. The molecule has 0 saturated heterocycles. The number of carbonyl (C=O) groups excluding carboxylic acids is 2. The topological polar surface area (TPSA) is 67.0 Å². The lowest BCUT2D eigenvalue weighted by molar-refractivity contribution is -0.132. The van der Waals surface area contributed by atoms with Crippen LogP contribution in [0.3, 0.4) is 0 Å². The van der Waals surface area contributed by atoms with Crippen molar-refractivity contribution in [3.8, 4) is 0 Å². The molecule has 6 nitrogen and oxygen atoms in total. The summed E-state index contributed by atoms with van der Waals surface area (Å²) < 4.78 is 1.78. The van der Waals surface area contributed by atoms with Crippen molar-refractivity contribution in [2.75, 3.05) is 6.54 Å². The van der Waals surface area contributed by atoms with Gasteiger partial charge in [0.2, 0.25) is 11.8 Å². The van der Waals surface area contributed by atoms with E-state index < -0.39 is 0 Å². The number of hydrogen-bond donors (Lipinski definition) is 0. The largest absolute Gasteiger partial charge is 0.327 e. The summed E-state index contributed by atoms with van der Waals surface area (Å²) in [5.41, 5.74) is 1.94. The van der Waals surface area contributed by atoms with Crippen LogP contribution in [-0.2, 0) is 16.6 Å². The highest BCUT2D eigenvalue weighted by Crippen LogP contribution is 2.15. The second-order valence-corrected chi connectivity index (χ2v) is 6.35.